The summed E-state index contributed by atoms with van der Waals surface area (Å²) in [6.45, 7) is 1.88. The van der Waals surface area contributed by atoms with Gasteiger partial charge in [-0.05, 0) is 38.4 Å². The fourth-order valence-electron chi connectivity index (χ4n) is 2.26. The maximum absolute atomic E-state index is 12.5. The highest BCUT2D eigenvalue weighted by molar-refractivity contribution is 5.88. The van der Waals surface area contributed by atoms with Crippen LogP contribution in [0, 0.1) is 0 Å². The summed E-state index contributed by atoms with van der Waals surface area (Å²) < 4.78 is 37.5. The van der Waals surface area contributed by atoms with Crippen molar-refractivity contribution in [2.24, 2.45) is 0 Å². The molecular formula is C16H20F3N3O. The van der Waals surface area contributed by atoms with Crippen molar-refractivity contribution in [3.05, 3.63) is 42.0 Å². The van der Waals surface area contributed by atoms with E-state index in [-0.39, 0.29) is 11.9 Å². The molecule has 1 fully saturated rings. The summed E-state index contributed by atoms with van der Waals surface area (Å²) in [6.07, 6.45) is -1.04. The number of hydrogen-bond donors (Lipinski definition) is 1. The number of benzene rings is 1. The van der Waals surface area contributed by atoms with Gasteiger partial charge in [0.1, 0.15) is 0 Å². The maximum Gasteiger partial charge on any atom is 0.416 e. The molecule has 2 rings (SSSR count). The van der Waals surface area contributed by atoms with Crippen LogP contribution < -0.4 is 10.2 Å². The zero-order valence-corrected chi connectivity index (χ0v) is 13.1. The summed E-state index contributed by atoms with van der Waals surface area (Å²) in [7, 11) is 3.83. The number of hydrogen-bond acceptors (Lipinski definition) is 3. The van der Waals surface area contributed by atoms with Crippen molar-refractivity contribution < 1.29 is 18.0 Å². The first-order valence-corrected chi connectivity index (χ1v) is 7.29. The van der Waals surface area contributed by atoms with Gasteiger partial charge >= 0.3 is 6.18 Å². The molecule has 0 aromatic heterocycles. The van der Waals surface area contributed by atoms with Crippen molar-refractivity contribution in [2.75, 3.05) is 38.6 Å². The third-order valence-electron chi connectivity index (χ3n) is 3.53. The van der Waals surface area contributed by atoms with Gasteiger partial charge in [0.15, 0.2) is 0 Å². The number of carbonyl (C=O) groups is 1. The summed E-state index contributed by atoms with van der Waals surface area (Å²) in [5, 5.41) is 2.86. The Hall–Kier alpha value is -2.02. The lowest BCUT2D eigenvalue weighted by atomic mass is 10.1. The average molecular weight is 327 g/mol. The highest BCUT2D eigenvalue weighted by atomic mass is 19.4. The molecule has 0 spiro atoms. The molecular weight excluding hydrogens is 307 g/mol. The monoisotopic (exact) mass is 327 g/mol. The minimum absolute atomic E-state index is 0.0220. The quantitative estimate of drug-likeness (QED) is 0.842. The van der Waals surface area contributed by atoms with Crippen molar-refractivity contribution >= 4 is 11.6 Å². The Labute approximate surface area is 133 Å². The summed E-state index contributed by atoms with van der Waals surface area (Å²) in [6, 6.07) is 5.08. The highest BCUT2D eigenvalue weighted by Crippen LogP contribution is 2.31. The van der Waals surface area contributed by atoms with Gasteiger partial charge in [0.05, 0.1) is 11.6 Å². The van der Waals surface area contributed by atoms with E-state index >= 15 is 0 Å². The molecule has 0 unspecified atom stereocenters. The van der Waals surface area contributed by atoms with Crippen LogP contribution in [0.3, 0.4) is 0 Å². The average Bonchev–Trinajstić information content (AvgIpc) is 2.41. The number of amides is 1. The van der Waals surface area contributed by atoms with Crippen molar-refractivity contribution in [3.63, 3.8) is 0 Å². The SMILES string of the molecule is CN(C)C/C=C/C(=O)NC1CN(c2ccc(C(F)(F)F)cc2)C1. The number of carbonyl (C=O) groups excluding carboxylic acids is 1. The predicted octanol–water partition coefficient (Wildman–Crippen LogP) is 2.13. The number of anilines is 1. The van der Waals surface area contributed by atoms with Crippen LogP contribution in [0.5, 0.6) is 0 Å². The number of rotatable bonds is 5. The summed E-state index contributed by atoms with van der Waals surface area (Å²) in [5.74, 6) is -0.149. The van der Waals surface area contributed by atoms with Gasteiger partial charge in [0.2, 0.25) is 5.91 Å². The molecule has 7 heteroatoms. The van der Waals surface area contributed by atoms with Crippen LogP contribution >= 0.6 is 0 Å². The van der Waals surface area contributed by atoms with Gasteiger partial charge in [0.25, 0.3) is 0 Å². The van der Waals surface area contributed by atoms with Crippen LogP contribution in [-0.4, -0.2) is 50.6 Å². The van der Waals surface area contributed by atoms with E-state index in [9.17, 15) is 18.0 Å². The molecule has 126 valence electrons. The number of halogens is 3. The van der Waals surface area contributed by atoms with E-state index in [1.165, 1.54) is 18.2 Å². The van der Waals surface area contributed by atoms with Crippen molar-refractivity contribution in [3.8, 4) is 0 Å². The van der Waals surface area contributed by atoms with Crippen LogP contribution in [0.1, 0.15) is 5.56 Å². The van der Waals surface area contributed by atoms with Gasteiger partial charge in [0, 0.05) is 31.4 Å². The van der Waals surface area contributed by atoms with Gasteiger partial charge < -0.3 is 15.1 Å². The number of alkyl halides is 3. The fraction of sp³-hybridized carbons (Fsp3) is 0.438. The lowest BCUT2D eigenvalue weighted by Gasteiger charge is -2.41. The molecule has 1 aliphatic rings. The molecule has 4 nitrogen and oxygen atoms in total. The van der Waals surface area contributed by atoms with E-state index in [1.54, 1.807) is 6.08 Å². The fourth-order valence-corrected chi connectivity index (χ4v) is 2.26. The standard InChI is InChI=1S/C16H20F3N3O/c1-21(2)9-3-4-15(23)20-13-10-22(11-13)14-7-5-12(6-8-14)16(17,18)19/h3-8,13H,9-11H2,1-2H3,(H,20,23)/b4-3+. The molecule has 1 saturated heterocycles. The second-order valence-corrected chi connectivity index (χ2v) is 5.82. The molecule has 0 atom stereocenters. The second kappa shape index (κ2) is 7.04. The Morgan fingerprint density at radius 2 is 1.91 bits per heavy atom. The molecule has 0 radical (unpaired) electrons. The number of nitrogens with one attached hydrogen (secondary N) is 1. The zero-order valence-electron chi connectivity index (χ0n) is 13.1. The summed E-state index contributed by atoms with van der Waals surface area (Å²) >= 11 is 0. The van der Waals surface area contributed by atoms with Crippen LogP contribution in [0.15, 0.2) is 36.4 Å². The van der Waals surface area contributed by atoms with E-state index in [1.807, 2.05) is 23.9 Å². The van der Waals surface area contributed by atoms with Crippen LogP contribution in [-0.2, 0) is 11.0 Å². The van der Waals surface area contributed by atoms with E-state index in [0.29, 0.717) is 19.6 Å². The first-order valence-electron chi connectivity index (χ1n) is 7.29. The molecule has 0 bridgehead atoms. The molecule has 1 aliphatic heterocycles. The van der Waals surface area contributed by atoms with Gasteiger partial charge in [-0.25, -0.2) is 0 Å². The van der Waals surface area contributed by atoms with Gasteiger partial charge in [-0.3, -0.25) is 4.79 Å². The number of likely N-dealkylation sites (N-methyl/N-ethyl adjacent to an activating group) is 1. The zero-order chi connectivity index (χ0) is 17.0. The first-order chi connectivity index (χ1) is 10.8. The minimum atomic E-state index is -4.32. The molecule has 23 heavy (non-hydrogen) atoms. The molecule has 1 aromatic rings. The van der Waals surface area contributed by atoms with Crippen LogP contribution in [0.4, 0.5) is 18.9 Å². The van der Waals surface area contributed by atoms with Gasteiger partial charge in [-0.1, -0.05) is 6.08 Å². The van der Waals surface area contributed by atoms with E-state index in [2.05, 4.69) is 5.32 Å². The maximum atomic E-state index is 12.5. The molecule has 1 aromatic carbocycles. The lowest BCUT2D eigenvalue weighted by Crippen LogP contribution is -2.59. The minimum Gasteiger partial charge on any atom is -0.367 e. The van der Waals surface area contributed by atoms with Crippen molar-refractivity contribution in [1.29, 1.82) is 0 Å². The summed E-state index contributed by atoms with van der Waals surface area (Å²) in [5.41, 5.74) is 0.0734. The number of nitrogens with zero attached hydrogens (tertiary/aromatic N) is 2. The topological polar surface area (TPSA) is 35.6 Å². The highest BCUT2D eigenvalue weighted by Gasteiger charge is 2.31. The molecule has 0 saturated carbocycles. The van der Waals surface area contributed by atoms with Gasteiger partial charge in [-0.15, -0.1) is 0 Å². The molecule has 0 aliphatic carbocycles. The second-order valence-electron chi connectivity index (χ2n) is 5.82. The van der Waals surface area contributed by atoms with Crippen LogP contribution in [0.25, 0.3) is 0 Å². The lowest BCUT2D eigenvalue weighted by molar-refractivity contribution is -0.137. The Bertz CT molecular complexity index is 561. The normalized spacial score (nSPS) is 16.0. The van der Waals surface area contributed by atoms with Crippen molar-refractivity contribution in [2.45, 2.75) is 12.2 Å². The Morgan fingerprint density at radius 3 is 2.43 bits per heavy atom. The first kappa shape index (κ1) is 17.3. The largest absolute Gasteiger partial charge is 0.416 e. The molecule has 1 N–H and O–H groups in total. The van der Waals surface area contributed by atoms with E-state index in [4.69, 9.17) is 0 Å². The Morgan fingerprint density at radius 1 is 1.30 bits per heavy atom. The molecule has 1 amide bonds. The van der Waals surface area contributed by atoms with Crippen molar-refractivity contribution in [1.82, 2.24) is 10.2 Å². The third-order valence-corrected chi connectivity index (χ3v) is 3.53. The van der Waals surface area contributed by atoms with Gasteiger partial charge in [-0.2, -0.15) is 13.2 Å². The Kier molecular flexibility index (Phi) is 5.30. The summed E-state index contributed by atoms with van der Waals surface area (Å²) in [4.78, 5) is 15.5. The Balaban J connectivity index is 1.78. The van der Waals surface area contributed by atoms with E-state index < -0.39 is 11.7 Å². The van der Waals surface area contributed by atoms with Crippen LogP contribution in [0.2, 0.25) is 0 Å². The van der Waals surface area contributed by atoms with E-state index in [0.717, 1.165) is 17.8 Å². The molecule has 1 heterocycles. The smallest absolute Gasteiger partial charge is 0.367 e. The predicted molar refractivity (Wildman–Crippen MR) is 83.3 cm³/mol. The third kappa shape index (κ3) is 4.99.